The SMILES string of the molecule is CC(CO)N(C)c1cc(Br)c(F)cc1[N+](=O)[O-]. The quantitative estimate of drug-likeness (QED) is 0.685. The smallest absolute Gasteiger partial charge is 0.295 e. The number of hydrogen-bond donors (Lipinski definition) is 1. The second-order valence-corrected chi connectivity index (χ2v) is 4.51. The van der Waals surface area contributed by atoms with E-state index in [2.05, 4.69) is 15.9 Å². The summed E-state index contributed by atoms with van der Waals surface area (Å²) < 4.78 is 13.4. The van der Waals surface area contributed by atoms with Crippen LogP contribution in [0.3, 0.4) is 0 Å². The number of nitro groups is 1. The number of halogens is 2. The van der Waals surface area contributed by atoms with Crippen LogP contribution in [0.2, 0.25) is 0 Å². The van der Waals surface area contributed by atoms with Crippen molar-refractivity contribution in [1.29, 1.82) is 0 Å². The number of aliphatic hydroxyl groups is 1. The van der Waals surface area contributed by atoms with E-state index in [1.54, 1.807) is 14.0 Å². The molecule has 0 spiro atoms. The van der Waals surface area contributed by atoms with E-state index in [0.29, 0.717) is 0 Å². The zero-order valence-corrected chi connectivity index (χ0v) is 10.9. The Labute approximate surface area is 106 Å². The summed E-state index contributed by atoms with van der Waals surface area (Å²) in [6.07, 6.45) is 0. The van der Waals surface area contributed by atoms with Crippen molar-refractivity contribution in [3.8, 4) is 0 Å². The monoisotopic (exact) mass is 306 g/mol. The lowest BCUT2D eigenvalue weighted by atomic mass is 10.2. The van der Waals surface area contributed by atoms with Crippen LogP contribution in [-0.2, 0) is 0 Å². The highest BCUT2D eigenvalue weighted by Crippen LogP contribution is 2.33. The van der Waals surface area contributed by atoms with Gasteiger partial charge in [-0.15, -0.1) is 0 Å². The summed E-state index contributed by atoms with van der Waals surface area (Å²) in [7, 11) is 1.60. The summed E-state index contributed by atoms with van der Waals surface area (Å²) in [4.78, 5) is 11.7. The van der Waals surface area contributed by atoms with Crippen molar-refractivity contribution >= 4 is 27.3 Å². The van der Waals surface area contributed by atoms with E-state index in [1.807, 2.05) is 0 Å². The lowest BCUT2D eigenvalue weighted by molar-refractivity contribution is -0.384. The van der Waals surface area contributed by atoms with E-state index in [1.165, 1.54) is 11.0 Å². The molecule has 7 heteroatoms. The van der Waals surface area contributed by atoms with Gasteiger partial charge in [-0.25, -0.2) is 4.39 Å². The zero-order valence-electron chi connectivity index (χ0n) is 9.35. The predicted octanol–water partition coefficient (Wildman–Crippen LogP) is 2.31. The lowest BCUT2D eigenvalue weighted by Crippen LogP contribution is -2.32. The maximum atomic E-state index is 13.2. The lowest BCUT2D eigenvalue weighted by Gasteiger charge is -2.25. The van der Waals surface area contributed by atoms with Gasteiger partial charge in [-0.05, 0) is 28.9 Å². The van der Waals surface area contributed by atoms with E-state index in [-0.39, 0.29) is 28.5 Å². The van der Waals surface area contributed by atoms with Crippen molar-refractivity contribution < 1.29 is 14.4 Å². The first-order valence-corrected chi connectivity index (χ1v) is 5.65. The molecule has 1 aromatic rings. The maximum absolute atomic E-state index is 13.2. The molecule has 1 atom stereocenters. The molecule has 0 fully saturated rings. The summed E-state index contributed by atoms with van der Waals surface area (Å²) in [5.74, 6) is -0.689. The molecule has 0 radical (unpaired) electrons. The minimum absolute atomic E-state index is 0.148. The number of likely N-dealkylation sites (N-methyl/N-ethyl adjacent to an activating group) is 1. The van der Waals surface area contributed by atoms with Crippen molar-refractivity contribution in [3.05, 3.63) is 32.5 Å². The number of anilines is 1. The Kier molecular flexibility index (Phi) is 4.41. The third-order valence-corrected chi connectivity index (χ3v) is 3.13. The van der Waals surface area contributed by atoms with Gasteiger partial charge in [0.2, 0.25) is 0 Å². The Hall–Kier alpha value is -1.21. The van der Waals surface area contributed by atoms with Crippen LogP contribution >= 0.6 is 15.9 Å². The van der Waals surface area contributed by atoms with Crippen LogP contribution in [0.4, 0.5) is 15.8 Å². The molecule has 0 aliphatic carbocycles. The Bertz CT molecular complexity index is 442. The van der Waals surface area contributed by atoms with Gasteiger partial charge in [-0.1, -0.05) is 0 Å². The second-order valence-electron chi connectivity index (χ2n) is 3.65. The Morgan fingerprint density at radius 2 is 2.24 bits per heavy atom. The molecule has 0 aliphatic rings. The highest BCUT2D eigenvalue weighted by Gasteiger charge is 2.22. The minimum atomic E-state index is -0.689. The van der Waals surface area contributed by atoms with Gasteiger partial charge in [0, 0.05) is 13.1 Å². The van der Waals surface area contributed by atoms with Gasteiger partial charge < -0.3 is 10.0 Å². The minimum Gasteiger partial charge on any atom is -0.394 e. The van der Waals surface area contributed by atoms with Crippen LogP contribution in [-0.4, -0.2) is 29.7 Å². The van der Waals surface area contributed by atoms with Gasteiger partial charge >= 0.3 is 0 Å². The Balaban J connectivity index is 3.30. The molecule has 5 nitrogen and oxygen atoms in total. The van der Waals surface area contributed by atoms with Crippen LogP contribution in [0.15, 0.2) is 16.6 Å². The van der Waals surface area contributed by atoms with Crippen molar-refractivity contribution in [2.75, 3.05) is 18.6 Å². The summed E-state index contributed by atoms with van der Waals surface area (Å²) in [5, 5.41) is 19.9. The van der Waals surface area contributed by atoms with E-state index in [4.69, 9.17) is 5.11 Å². The zero-order chi connectivity index (χ0) is 13.2. The number of hydrogen-bond acceptors (Lipinski definition) is 4. The van der Waals surface area contributed by atoms with Crippen LogP contribution in [0.1, 0.15) is 6.92 Å². The maximum Gasteiger partial charge on any atom is 0.295 e. The van der Waals surface area contributed by atoms with Gasteiger partial charge in [0.05, 0.1) is 22.1 Å². The largest absolute Gasteiger partial charge is 0.394 e. The Morgan fingerprint density at radius 1 is 1.65 bits per heavy atom. The predicted molar refractivity (Wildman–Crippen MR) is 65.7 cm³/mol. The first-order chi connectivity index (χ1) is 7.88. The number of rotatable bonds is 4. The molecule has 1 unspecified atom stereocenters. The molecule has 0 saturated carbocycles. The summed E-state index contributed by atoms with van der Waals surface area (Å²) in [6, 6.07) is 1.89. The number of nitro benzene ring substituents is 1. The summed E-state index contributed by atoms with van der Waals surface area (Å²) >= 11 is 2.98. The van der Waals surface area contributed by atoms with Crippen molar-refractivity contribution in [2.24, 2.45) is 0 Å². The van der Waals surface area contributed by atoms with Gasteiger partial charge in [-0.2, -0.15) is 0 Å². The van der Waals surface area contributed by atoms with E-state index in [9.17, 15) is 14.5 Å². The molecule has 0 bridgehead atoms. The molecule has 1 N–H and O–H groups in total. The van der Waals surface area contributed by atoms with Gasteiger partial charge in [0.15, 0.2) is 0 Å². The highest BCUT2D eigenvalue weighted by molar-refractivity contribution is 9.10. The fourth-order valence-corrected chi connectivity index (χ4v) is 1.65. The van der Waals surface area contributed by atoms with Gasteiger partial charge in [0.1, 0.15) is 11.5 Å². The number of nitrogens with zero attached hydrogens (tertiary/aromatic N) is 2. The average molecular weight is 307 g/mol. The summed E-state index contributed by atoms with van der Waals surface area (Å²) in [5.41, 5.74) is -0.0710. The van der Waals surface area contributed by atoms with Crippen molar-refractivity contribution in [3.63, 3.8) is 0 Å². The van der Waals surface area contributed by atoms with Crippen molar-refractivity contribution in [2.45, 2.75) is 13.0 Å². The topological polar surface area (TPSA) is 66.6 Å². The first-order valence-electron chi connectivity index (χ1n) is 4.85. The molecular formula is C10H12BrFN2O3. The first kappa shape index (κ1) is 13.9. The molecule has 1 rings (SSSR count). The molecule has 0 amide bonds. The molecule has 17 heavy (non-hydrogen) atoms. The van der Waals surface area contributed by atoms with Gasteiger partial charge in [0.25, 0.3) is 5.69 Å². The van der Waals surface area contributed by atoms with Crippen LogP contribution in [0, 0.1) is 15.9 Å². The molecule has 94 valence electrons. The van der Waals surface area contributed by atoms with E-state index < -0.39 is 10.7 Å². The molecule has 0 saturated heterocycles. The van der Waals surface area contributed by atoms with E-state index in [0.717, 1.165) is 6.07 Å². The molecule has 1 aromatic carbocycles. The van der Waals surface area contributed by atoms with Crippen LogP contribution in [0.25, 0.3) is 0 Å². The standard InChI is InChI=1S/C10H12BrFN2O3/c1-6(5-15)13(2)9-3-7(11)8(12)4-10(9)14(16)17/h3-4,6,15H,5H2,1-2H3. The van der Waals surface area contributed by atoms with Crippen molar-refractivity contribution in [1.82, 2.24) is 0 Å². The number of aliphatic hydroxyl groups excluding tert-OH is 1. The number of benzene rings is 1. The Morgan fingerprint density at radius 3 is 2.71 bits per heavy atom. The third kappa shape index (κ3) is 2.92. The third-order valence-electron chi connectivity index (χ3n) is 2.52. The van der Waals surface area contributed by atoms with Crippen LogP contribution < -0.4 is 4.90 Å². The fraction of sp³-hybridized carbons (Fsp3) is 0.400. The fourth-order valence-electron chi connectivity index (χ4n) is 1.31. The van der Waals surface area contributed by atoms with E-state index >= 15 is 0 Å². The van der Waals surface area contributed by atoms with Gasteiger partial charge in [-0.3, -0.25) is 10.1 Å². The van der Waals surface area contributed by atoms with Crippen LogP contribution in [0.5, 0.6) is 0 Å². The highest BCUT2D eigenvalue weighted by atomic mass is 79.9. The average Bonchev–Trinajstić information content (AvgIpc) is 2.29. The molecule has 0 heterocycles. The molecule has 0 aromatic heterocycles. The molecule has 0 aliphatic heterocycles. The summed E-state index contributed by atoms with van der Waals surface area (Å²) in [6.45, 7) is 1.56. The normalized spacial score (nSPS) is 12.3. The molecular weight excluding hydrogens is 295 g/mol. The second kappa shape index (κ2) is 5.42.